The third-order valence-electron chi connectivity index (χ3n) is 5.12. The van der Waals surface area contributed by atoms with Crippen LogP contribution in [0.5, 0.6) is 0 Å². The van der Waals surface area contributed by atoms with Crippen LogP contribution in [0.4, 0.5) is 0 Å². The Bertz CT molecular complexity index is 765. The zero-order chi connectivity index (χ0) is 18.5. The summed E-state index contributed by atoms with van der Waals surface area (Å²) in [4.78, 5) is 26.4. The van der Waals surface area contributed by atoms with E-state index in [1.165, 1.54) is 5.56 Å². The molecule has 1 N–H and O–H groups in total. The Kier molecular flexibility index (Phi) is 5.84. The highest BCUT2D eigenvalue weighted by Crippen LogP contribution is 2.24. The van der Waals surface area contributed by atoms with E-state index in [0.717, 1.165) is 30.4 Å². The number of aliphatic hydroxyl groups excluding tert-OH is 1. The fourth-order valence-corrected chi connectivity index (χ4v) is 3.52. The minimum Gasteiger partial charge on any atom is -0.389 e. The van der Waals surface area contributed by atoms with E-state index < -0.39 is 12.6 Å². The summed E-state index contributed by atoms with van der Waals surface area (Å²) in [7, 11) is 0. The molecule has 0 aliphatic carbocycles. The molecule has 0 bridgehead atoms. The van der Waals surface area contributed by atoms with Crippen molar-refractivity contribution in [1.82, 2.24) is 4.90 Å². The second kappa shape index (κ2) is 8.28. The number of aliphatic hydroxyl groups is 1. The van der Waals surface area contributed by atoms with Crippen molar-refractivity contribution in [2.45, 2.75) is 38.6 Å². The smallest absolute Gasteiger partial charge is 0.254 e. The second-order valence-electron chi connectivity index (χ2n) is 6.76. The van der Waals surface area contributed by atoms with Crippen molar-refractivity contribution in [2.24, 2.45) is 0 Å². The highest BCUT2D eigenvalue weighted by Gasteiger charge is 2.31. The first-order chi connectivity index (χ1) is 12.6. The van der Waals surface area contributed by atoms with Crippen LogP contribution < -0.4 is 0 Å². The lowest BCUT2D eigenvalue weighted by atomic mass is 9.97. The predicted octanol–water partition coefficient (Wildman–Crippen LogP) is 3.47. The molecule has 2 aromatic rings. The van der Waals surface area contributed by atoms with Gasteiger partial charge in [0.25, 0.3) is 5.91 Å². The van der Waals surface area contributed by atoms with Crippen LogP contribution in [-0.2, 0) is 11.2 Å². The number of amides is 1. The molecule has 2 aromatic carbocycles. The van der Waals surface area contributed by atoms with Crippen LogP contribution in [-0.4, -0.2) is 40.9 Å². The largest absolute Gasteiger partial charge is 0.389 e. The molecule has 1 aliphatic rings. The number of carbonyl (C=O) groups excluding carboxylic acids is 2. The summed E-state index contributed by atoms with van der Waals surface area (Å²) < 4.78 is 0. The van der Waals surface area contributed by atoms with Crippen molar-refractivity contribution in [2.75, 3.05) is 13.2 Å². The maximum absolute atomic E-state index is 12.9. The summed E-state index contributed by atoms with van der Waals surface area (Å²) in [6.07, 6.45) is 3.44. The summed E-state index contributed by atoms with van der Waals surface area (Å²) in [5.74, 6) is -0.407. The van der Waals surface area contributed by atoms with Crippen molar-refractivity contribution >= 4 is 11.7 Å². The van der Waals surface area contributed by atoms with Crippen molar-refractivity contribution in [1.29, 1.82) is 0 Å². The first-order valence-corrected chi connectivity index (χ1v) is 9.28. The first kappa shape index (κ1) is 18.3. The van der Waals surface area contributed by atoms with Crippen LogP contribution in [0, 0.1) is 0 Å². The lowest BCUT2D eigenvalue weighted by Crippen LogP contribution is -2.48. The molecular weight excluding hydrogens is 326 g/mol. The van der Waals surface area contributed by atoms with E-state index in [-0.39, 0.29) is 11.7 Å². The van der Waals surface area contributed by atoms with Gasteiger partial charge in [-0.3, -0.25) is 9.59 Å². The number of hydrogen-bond acceptors (Lipinski definition) is 3. The standard InChI is InChI=1S/C22H25NO3/c1-2-16-6-8-17(9-7-16)18-10-12-19(13-11-18)22(26)23-14-4-3-5-20(23)21(25)15-24/h6-13,20,24H,2-5,14-15H2,1H3. The highest BCUT2D eigenvalue weighted by atomic mass is 16.3. The predicted molar refractivity (Wildman–Crippen MR) is 102 cm³/mol. The van der Waals surface area contributed by atoms with Crippen molar-refractivity contribution in [3.05, 3.63) is 59.7 Å². The second-order valence-corrected chi connectivity index (χ2v) is 6.76. The molecule has 4 nitrogen and oxygen atoms in total. The number of nitrogens with zero attached hydrogens (tertiary/aromatic N) is 1. The number of Topliss-reactive ketones (excluding diaryl/α,β-unsaturated/α-hetero) is 1. The third-order valence-corrected chi connectivity index (χ3v) is 5.12. The lowest BCUT2D eigenvalue weighted by molar-refractivity contribution is -0.127. The number of carbonyl (C=O) groups is 2. The molecule has 1 atom stereocenters. The minimum atomic E-state index is -0.513. The molecular formula is C22H25NO3. The molecule has 4 heteroatoms. The normalized spacial score (nSPS) is 17.2. The number of rotatable bonds is 5. The van der Waals surface area contributed by atoms with Gasteiger partial charge < -0.3 is 10.0 Å². The van der Waals surface area contributed by atoms with Gasteiger partial charge in [0.1, 0.15) is 6.61 Å². The van der Waals surface area contributed by atoms with E-state index in [9.17, 15) is 9.59 Å². The number of aryl methyl sites for hydroxylation is 1. The SMILES string of the molecule is CCc1ccc(-c2ccc(C(=O)N3CCCCC3C(=O)CO)cc2)cc1. The number of ketones is 1. The number of likely N-dealkylation sites (tertiary alicyclic amines) is 1. The van der Waals surface area contributed by atoms with Gasteiger partial charge in [-0.2, -0.15) is 0 Å². The van der Waals surface area contributed by atoms with Gasteiger partial charge in [0, 0.05) is 12.1 Å². The Morgan fingerprint density at radius 1 is 1.00 bits per heavy atom. The van der Waals surface area contributed by atoms with Crippen molar-refractivity contribution in [3.63, 3.8) is 0 Å². The van der Waals surface area contributed by atoms with E-state index >= 15 is 0 Å². The summed E-state index contributed by atoms with van der Waals surface area (Å²) in [6, 6.07) is 15.5. The zero-order valence-corrected chi connectivity index (χ0v) is 15.1. The average Bonchev–Trinajstić information content (AvgIpc) is 2.73. The van der Waals surface area contributed by atoms with Crippen LogP contribution in [0.3, 0.4) is 0 Å². The van der Waals surface area contributed by atoms with E-state index in [0.29, 0.717) is 18.5 Å². The lowest BCUT2D eigenvalue weighted by Gasteiger charge is -2.34. The van der Waals surface area contributed by atoms with Gasteiger partial charge in [-0.05, 0) is 54.5 Å². The van der Waals surface area contributed by atoms with E-state index in [1.807, 2.05) is 24.3 Å². The van der Waals surface area contributed by atoms with Gasteiger partial charge in [0.05, 0.1) is 6.04 Å². The van der Waals surface area contributed by atoms with Gasteiger partial charge in [0.15, 0.2) is 5.78 Å². The molecule has 0 radical (unpaired) electrons. The molecule has 136 valence electrons. The Morgan fingerprint density at radius 3 is 2.19 bits per heavy atom. The summed E-state index contributed by atoms with van der Waals surface area (Å²) >= 11 is 0. The average molecular weight is 351 g/mol. The summed E-state index contributed by atoms with van der Waals surface area (Å²) in [5.41, 5.74) is 4.06. The maximum atomic E-state index is 12.9. The van der Waals surface area contributed by atoms with Crippen LogP contribution in [0.1, 0.15) is 42.1 Å². The van der Waals surface area contributed by atoms with Crippen molar-refractivity contribution in [3.8, 4) is 11.1 Å². The van der Waals surface area contributed by atoms with Gasteiger partial charge in [-0.1, -0.05) is 43.3 Å². The quantitative estimate of drug-likeness (QED) is 0.897. The van der Waals surface area contributed by atoms with E-state index in [2.05, 4.69) is 31.2 Å². The number of piperidine rings is 1. The molecule has 1 fully saturated rings. The monoisotopic (exact) mass is 351 g/mol. The molecule has 0 aromatic heterocycles. The fraction of sp³-hybridized carbons (Fsp3) is 0.364. The zero-order valence-electron chi connectivity index (χ0n) is 15.1. The van der Waals surface area contributed by atoms with Crippen LogP contribution in [0.25, 0.3) is 11.1 Å². The molecule has 3 rings (SSSR count). The molecule has 1 heterocycles. The topological polar surface area (TPSA) is 57.6 Å². The molecule has 0 spiro atoms. The first-order valence-electron chi connectivity index (χ1n) is 9.28. The molecule has 1 aliphatic heterocycles. The van der Waals surface area contributed by atoms with Crippen molar-refractivity contribution < 1.29 is 14.7 Å². The molecule has 1 amide bonds. The highest BCUT2D eigenvalue weighted by molar-refractivity contribution is 5.98. The van der Waals surface area contributed by atoms with Crippen LogP contribution >= 0.6 is 0 Å². The van der Waals surface area contributed by atoms with Gasteiger partial charge in [-0.15, -0.1) is 0 Å². The molecule has 1 unspecified atom stereocenters. The van der Waals surface area contributed by atoms with Gasteiger partial charge in [0.2, 0.25) is 0 Å². The summed E-state index contributed by atoms with van der Waals surface area (Å²) in [6.45, 7) is 2.18. The van der Waals surface area contributed by atoms with Gasteiger partial charge >= 0.3 is 0 Å². The maximum Gasteiger partial charge on any atom is 0.254 e. The number of hydrogen-bond donors (Lipinski definition) is 1. The van der Waals surface area contributed by atoms with E-state index in [4.69, 9.17) is 5.11 Å². The Hall–Kier alpha value is -2.46. The summed E-state index contributed by atoms with van der Waals surface area (Å²) in [5, 5.41) is 9.17. The van der Waals surface area contributed by atoms with Crippen LogP contribution in [0.2, 0.25) is 0 Å². The fourth-order valence-electron chi connectivity index (χ4n) is 3.52. The molecule has 0 saturated carbocycles. The number of benzene rings is 2. The van der Waals surface area contributed by atoms with Crippen LogP contribution in [0.15, 0.2) is 48.5 Å². The Balaban J connectivity index is 1.78. The Morgan fingerprint density at radius 2 is 1.62 bits per heavy atom. The van der Waals surface area contributed by atoms with E-state index in [1.54, 1.807) is 4.90 Å². The third kappa shape index (κ3) is 3.86. The molecule has 1 saturated heterocycles. The van der Waals surface area contributed by atoms with Gasteiger partial charge in [-0.25, -0.2) is 0 Å². The molecule has 26 heavy (non-hydrogen) atoms. The minimum absolute atomic E-state index is 0.135. The Labute approximate surface area is 154 Å².